The average molecular weight is 158 g/mol. The van der Waals surface area contributed by atoms with E-state index in [1.54, 1.807) is 0 Å². The molecule has 0 bridgehead atoms. The van der Waals surface area contributed by atoms with E-state index in [-0.39, 0.29) is 0 Å². The Labute approximate surface area is 71.1 Å². The summed E-state index contributed by atoms with van der Waals surface area (Å²) in [6.07, 6.45) is 1.54. The molecule has 0 aromatic heterocycles. The van der Waals surface area contributed by atoms with Crippen LogP contribution in [0.25, 0.3) is 0 Å². The minimum absolute atomic E-state index is 0.427. The zero-order chi connectivity index (χ0) is 8.85. The highest BCUT2D eigenvalue weighted by Gasteiger charge is 2.08. The van der Waals surface area contributed by atoms with Gasteiger partial charge in [0.05, 0.1) is 6.10 Å². The summed E-state index contributed by atoms with van der Waals surface area (Å²) in [4.78, 5) is 0. The van der Waals surface area contributed by atoms with E-state index in [1.165, 1.54) is 0 Å². The third-order valence-corrected chi connectivity index (χ3v) is 2.36. The predicted octanol–water partition coefficient (Wildman–Crippen LogP) is 3.09. The summed E-state index contributed by atoms with van der Waals surface area (Å²) in [5.41, 5.74) is 0. The van der Waals surface area contributed by atoms with Crippen LogP contribution in [0.2, 0.25) is 0 Å². The molecule has 0 N–H and O–H groups in total. The SMILES string of the molecule is CCC(C)OCC(C)C(C)C. The van der Waals surface area contributed by atoms with Crippen molar-refractivity contribution in [3.05, 3.63) is 0 Å². The first kappa shape index (κ1) is 11.0. The smallest absolute Gasteiger partial charge is 0.0544 e. The van der Waals surface area contributed by atoms with E-state index >= 15 is 0 Å². The molecule has 0 amide bonds. The molecule has 0 saturated heterocycles. The lowest BCUT2D eigenvalue weighted by atomic mass is 9.99. The molecule has 0 aliphatic rings. The lowest BCUT2D eigenvalue weighted by molar-refractivity contribution is 0.0319. The van der Waals surface area contributed by atoms with Gasteiger partial charge in [-0.1, -0.05) is 27.7 Å². The van der Waals surface area contributed by atoms with E-state index in [2.05, 4.69) is 34.6 Å². The van der Waals surface area contributed by atoms with E-state index < -0.39 is 0 Å². The molecule has 0 aromatic rings. The highest BCUT2D eigenvalue weighted by Crippen LogP contribution is 2.11. The molecule has 0 aliphatic carbocycles. The Balaban J connectivity index is 3.37. The van der Waals surface area contributed by atoms with Gasteiger partial charge in [-0.15, -0.1) is 0 Å². The Hall–Kier alpha value is -0.0400. The molecule has 0 rings (SSSR count). The van der Waals surface area contributed by atoms with E-state index in [4.69, 9.17) is 4.74 Å². The van der Waals surface area contributed by atoms with Crippen LogP contribution in [-0.2, 0) is 4.74 Å². The number of ether oxygens (including phenoxy) is 1. The highest BCUT2D eigenvalue weighted by atomic mass is 16.5. The van der Waals surface area contributed by atoms with Crippen molar-refractivity contribution < 1.29 is 4.74 Å². The van der Waals surface area contributed by atoms with Gasteiger partial charge in [0.25, 0.3) is 0 Å². The number of hydrogen-bond acceptors (Lipinski definition) is 1. The zero-order valence-corrected chi connectivity index (χ0v) is 8.55. The normalized spacial score (nSPS) is 16.9. The van der Waals surface area contributed by atoms with E-state index in [0.29, 0.717) is 12.0 Å². The first-order chi connectivity index (χ1) is 5.07. The van der Waals surface area contributed by atoms with E-state index in [0.717, 1.165) is 18.9 Å². The minimum atomic E-state index is 0.427. The van der Waals surface area contributed by atoms with Crippen molar-refractivity contribution in [3.8, 4) is 0 Å². The Morgan fingerprint density at radius 3 is 2.00 bits per heavy atom. The summed E-state index contributed by atoms with van der Waals surface area (Å²) < 4.78 is 5.61. The maximum Gasteiger partial charge on any atom is 0.0544 e. The van der Waals surface area contributed by atoms with Crippen LogP contribution in [0.5, 0.6) is 0 Å². The summed E-state index contributed by atoms with van der Waals surface area (Å²) in [7, 11) is 0. The van der Waals surface area contributed by atoms with Crippen LogP contribution in [-0.4, -0.2) is 12.7 Å². The van der Waals surface area contributed by atoms with Crippen LogP contribution < -0.4 is 0 Å². The van der Waals surface area contributed by atoms with Gasteiger partial charge < -0.3 is 4.74 Å². The van der Waals surface area contributed by atoms with Gasteiger partial charge in [-0.25, -0.2) is 0 Å². The van der Waals surface area contributed by atoms with Crippen molar-refractivity contribution in [3.63, 3.8) is 0 Å². The average Bonchev–Trinajstić information content (AvgIpc) is 1.99. The molecule has 0 aromatic carbocycles. The lowest BCUT2D eigenvalue weighted by Crippen LogP contribution is -2.16. The molecule has 0 aliphatic heterocycles. The fraction of sp³-hybridized carbons (Fsp3) is 1.00. The van der Waals surface area contributed by atoms with Crippen molar-refractivity contribution in [2.75, 3.05) is 6.61 Å². The second-order valence-corrected chi connectivity index (χ2v) is 3.77. The molecule has 11 heavy (non-hydrogen) atoms. The van der Waals surface area contributed by atoms with Crippen molar-refractivity contribution >= 4 is 0 Å². The van der Waals surface area contributed by atoms with E-state index in [9.17, 15) is 0 Å². The Morgan fingerprint density at radius 2 is 1.64 bits per heavy atom. The molecule has 2 atom stereocenters. The van der Waals surface area contributed by atoms with Crippen LogP contribution >= 0.6 is 0 Å². The Bertz CT molecular complexity index is 88.9. The summed E-state index contributed by atoms with van der Waals surface area (Å²) in [6.45, 7) is 11.9. The maximum atomic E-state index is 5.61. The minimum Gasteiger partial charge on any atom is -0.378 e. The standard InChI is InChI=1S/C10H22O/c1-6-10(5)11-7-9(4)8(2)3/h8-10H,6-7H2,1-5H3. The van der Waals surface area contributed by atoms with E-state index in [1.807, 2.05) is 0 Å². The third-order valence-electron chi connectivity index (χ3n) is 2.36. The first-order valence-corrected chi connectivity index (χ1v) is 4.69. The number of hydrogen-bond donors (Lipinski definition) is 0. The Morgan fingerprint density at radius 1 is 1.09 bits per heavy atom. The predicted molar refractivity (Wildman–Crippen MR) is 49.7 cm³/mol. The molecule has 0 saturated carbocycles. The topological polar surface area (TPSA) is 9.23 Å². The van der Waals surface area contributed by atoms with Gasteiger partial charge in [0, 0.05) is 6.61 Å². The van der Waals surface area contributed by atoms with Crippen LogP contribution in [0, 0.1) is 11.8 Å². The fourth-order valence-electron chi connectivity index (χ4n) is 0.626. The molecular formula is C10H22O. The molecule has 68 valence electrons. The van der Waals surface area contributed by atoms with Gasteiger partial charge >= 0.3 is 0 Å². The first-order valence-electron chi connectivity index (χ1n) is 4.69. The van der Waals surface area contributed by atoms with Crippen LogP contribution in [0.3, 0.4) is 0 Å². The third kappa shape index (κ3) is 5.25. The number of rotatable bonds is 5. The Kier molecular flexibility index (Phi) is 5.57. The van der Waals surface area contributed by atoms with Crippen molar-refractivity contribution in [1.29, 1.82) is 0 Å². The largest absolute Gasteiger partial charge is 0.378 e. The molecule has 1 nitrogen and oxygen atoms in total. The highest BCUT2D eigenvalue weighted by molar-refractivity contribution is 4.56. The summed E-state index contributed by atoms with van der Waals surface area (Å²) >= 11 is 0. The second kappa shape index (κ2) is 5.59. The second-order valence-electron chi connectivity index (χ2n) is 3.77. The van der Waals surface area contributed by atoms with Gasteiger partial charge in [-0.3, -0.25) is 0 Å². The summed E-state index contributed by atoms with van der Waals surface area (Å²) in [5.74, 6) is 1.42. The molecule has 0 fully saturated rings. The van der Waals surface area contributed by atoms with Crippen LogP contribution in [0.1, 0.15) is 41.0 Å². The maximum absolute atomic E-state index is 5.61. The molecule has 1 heteroatoms. The molecular weight excluding hydrogens is 136 g/mol. The lowest BCUT2D eigenvalue weighted by Gasteiger charge is -2.18. The van der Waals surface area contributed by atoms with Crippen LogP contribution in [0.4, 0.5) is 0 Å². The molecule has 0 spiro atoms. The fourth-order valence-corrected chi connectivity index (χ4v) is 0.626. The van der Waals surface area contributed by atoms with Gasteiger partial charge in [0.1, 0.15) is 0 Å². The monoisotopic (exact) mass is 158 g/mol. The molecule has 0 radical (unpaired) electrons. The molecule has 2 unspecified atom stereocenters. The van der Waals surface area contributed by atoms with Crippen LogP contribution in [0.15, 0.2) is 0 Å². The van der Waals surface area contributed by atoms with Crippen molar-refractivity contribution in [1.82, 2.24) is 0 Å². The van der Waals surface area contributed by atoms with Gasteiger partial charge in [0.15, 0.2) is 0 Å². The van der Waals surface area contributed by atoms with Gasteiger partial charge in [-0.2, -0.15) is 0 Å². The van der Waals surface area contributed by atoms with Gasteiger partial charge in [0.2, 0.25) is 0 Å². The summed E-state index contributed by atoms with van der Waals surface area (Å²) in [5, 5.41) is 0. The zero-order valence-electron chi connectivity index (χ0n) is 8.55. The van der Waals surface area contributed by atoms with Crippen molar-refractivity contribution in [2.24, 2.45) is 11.8 Å². The van der Waals surface area contributed by atoms with Crippen molar-refractivity contribution in [2.45, 2.75) is 47.1 Å². The quantitative estimate of drug-likeness (QED) is 0.597. The van der Waals surface area contributed by atoms with Gasteiger partial charge in [-0.05, 0) is 25.2 Å². The molecule has 0 heterocycles. The summed E-state index contributed by atoms with van der Waals surface area (Å²) in [6, 6.07) is 0.